The predicted octanol–water partition coefficient (Wildman–Crippen LogP) is 5.39. The lowest BCUT2D eigenvalue weighted by molar-refractivity contribution is 0.0996. The maximum absolute atomic E-state index is 11.2. The lowest BCUT2D eigenvalue weighted by Gasteiger charge is -2.39. The monoisotopic (exact) mass is 365 g/mol. The zero-order valence-electron chi connectivity index (χ0n) is 13.3. The molecule has 0 saturated carbocycles. The molecule has 1 heterocycles. The quantitative estimate of drug-likeness (QED) is 0.749. The summed E-state index contributed by atoms with van der Waals surface area (Å²) in [4.78, 5) is 11.2. The summed E-state index contributed by atoms with van der Waals surface area (Å²) in [6.45, 7) is 4.36. The fourth-order valence-corrected chi connectivity index (χ4v) is 3.35. The van der Waals surface area contributed by atoms with E-state index in [0.29, 0.717) is 22.4 Å². The summed E-state index contributed by atoms with van der Waals surface area (Å²) in [5.41, 5.74) is 2.15. The van der Waals surface area contributed by atoms with Gasteiger partial charge in [-0.1, -0.05) is 49.2 Å². The van der Waals surface area contributed by atoms with Crippen molar-refractivity contribution >= 4 is 29.3 Å². The Morgan fingerprint density at radius 3 is 2.71 bits per heavy atom. The van der Waals surface area contributed by atoms with Crippen LogP contribution in [0.5, 0.6) is 5.75 Å². The van der Waals surface area contributed by atoms with Crippen LogP contribution in [0.25, 0.3) is 11.1 Å². The molecule has 1 amide bonds. The molecule has 24 heavy (non-hydrogen) atoms. The van der Waals surface area contributed by atoms with Crippen LogP contribution in [0.2, 0.25) is 10.0 Å². The maximum atomic E-state index is 11.2. The van der Waals surface area contributed by atoms with Gasteiger partial charge in [0.15, 0.2) is 0 Å². The van der Waals surface area contributed by atoms with Crippen LogP contribution in [0.4, 0.5) is 4.79 Å². The number of fused-ring (bicyclic) bond motifs is 1. The normalized spacial score (nSPS) is 18.4. The van der Waals surface area contributed by atoms with Crippen molar-refractivity contribution in [3.05, 3.63) is 52.0 Å². The van der Waals surface area contributed by atoms with Gasteiger partial charge in [-0.15, -0.1) is 0 Å². The molecule has 6 heteroatoms. The van der Waals surface area contributed by atoms with Crippen LogP contribution in [-0.4, -0.2) is 17.8 Å². The SMILES string of the molecule is CC1(C)COc2cc(-c3cc(Cl)ccc3Cl)ccc2C1NC(=O)O. The molecule has 0 aliphatic carbocycles. The third-order valence-electron chi connectivity index (χ3n) is 4.21. The Morgan fingerprint density at radius 1 is 1.25 bits per heavy atom. The van der Waals surface area contributed by atoms with Gasteiger partial charge in [0.2, 0.25) is 0 Å². The number of nitrogens with one attached hydrogen (secondary N) is 1. The number of carbonyl (C=O) groups is 1. The van der Waals surface area contributed by atoms with E-state index < -0.39 is 6.09 Å². The second-order valence-corrected chi connectivity index (χ2v) is 7.38. The molecule has 0 radical (unpaired) electrons. The van der Waals surface area contributed by atoms with Gasteiger partial charge in [0, 0.05) is 26.6 Å². The lowest BCUT2D eigenvalue weighted by Crippen LogP contribution is -2.43. The van der Waals surface area contributed by atoms with Crippen molar-refractivity contribution in [1.82, 2.24) is 5.32 Å². The Bertz CT molecular complexity index is 805. The van der Waals surface area contributed by atoms with E-state index in [9.17, 15) is 4.79 Å². The molecule has 4 nitrogen and oxygen atoms in total. The molecule has 0 bridgehead atoms. The van der Waals surface area contributed by atoms with Crippen LogP contribution in [0.3, 0.4) is 0 Å². The largest absolute Gasteiger partial charge is 0.493 e. The van der Waals surface area contributed by atoms with Crippen molar-refractivity contribution in [3.63, 3.8) is 0 Å². The van der Waals surface area contributed by atoms with Crippen molar-refractivity contribution in [3.8, 4) is 16.9 Å². The molecule has 1 unspecified atom stereocenters. The van der Waals surface area contributed by atoms with Crippen LogP contribution in [-0.2, 0) is 0 Å². The molecule has 0 fully saturated rings. The summed E-state index contributed by atoms with van der Waals surface area (Å²) in [6, 6.07) is 10.6. The Hall–Kier alpha value is -1.91. The standard InChI is InChI=1S/C18H17Cl2NO3/c1-18(2)9-24-15-7-10(13-8-11(19)4-6-14(13)20)3-5-12(15)16(18)21-17(22)23/h3-8,16,21H,9H2,1-2H3,(H,22,23). The highest BCUT2D eigenvalue weighted by Crippen LogP contribution is 2.44. The molecule has 0 saturated heterocycles. The summed E-state index contributed by atoms with van der Waals surface area (Å²) < 4.78 is 5.87. The average molecular weight is 366 g/mol. The third-order valence-corrected chi connectivity index (χ3v) is 4.78. The molecule has 1 atom stereocenters. The number of benzene rings is 2. The highest BCUT2D eigenvalue weighted by molar-refractivity contribution is 6.35. The van der Waals surface area contributed by atoms with E-state index in [1.807, 2.05) is 32.0 Å². The zero-order chi connectivity index (χ0) is 17.5. The van der Waals surface area contributed by atoms with Gasteiger partial charge in [0.25, 0.3) is 0 Å². The molecule has 2 aromatic carbocycles. The number of carboxylic acid groups (broad SMARTS) is 1. The van der Waals surface area contributed by atoms with Crippen LogP contribution in [0.1, 0.15) is 25.5 Å². The van der Waals surface area contributed by atoms with E-state index >= 15 is 0 Å². The van der Waals surface area contributed by atoms with Crippen molar-refractivity contribution in [2.75, 3.05) is 6.61 Å². The van der Waals surface area contributed by atoms with Crippen molar-refractivity contribution in [2.24, 2.45) is 5.41 Å². The fourth-order valence-electron chi connectivity index (χ4n) is 2.95. The second-order valence-electron chi connectivity index (χ2n) is 6.54. The van der Waals surface area contributed by atoms with Gasteiger partial charge in [-0.05, 0) is 29.8 Å². The minimum atomic E-state index is -1.05. The smallest absolute Gasteiger partial charge is 0.405 e. The first kappa shape index (κ1) is 16.9. The number of halogens is 2. The van der Waals surface area contributed by atoms with E-state index in [2.05, 4.69) is 5.32 Å². The number of rotatable bonds is 2. The molecule has 126 valence electrons. The van der Waals surface area contributed by atoms with E-state index in [4.69, 9.17) is 33.0 Å². The van der Waals surface area contributed by atoms with Crippen molar-refractivity contribution in [1.29, 1.82) is 0 Å². The average Bonchev–Trinajstić information content (AvgIpc) is 2.52. The zero-order valence-corrected chi connectivity index (χ0v) is 14.8. The van der Waals surface area contributed by atoms with Gasteiger partial charge in [-0.2, -0.15) is 0 Å². The van der Waals surface area contributed by atoms with Gasteiger partial charge in [-0.25, -0.2) is 4.79 Å². The molecule has 1 aliphatic heterocycles. The first-order valence-corrected chi connectivity index (χ1v) is 8.25. The molecule has 3 rings (SSSR count). The fraction of sp³-hybridized carbons (Fsp3) is 0.278. The van der Waals surface area contributed by atoms with E-state index in [1.165, 1.54) is 0 Å². The Balaban J connectivity index is 2.06. The second kappa shape index (κ2) is 6.19. The molecular weight excluding hydrogens is 349 g/mol. The molecule has 2 N–H and O–H groups in total. The number of amides is 1. The molecule has 0 spiro atoms. The molecule has 1 aliphatic rings. The van der Waals surface area contributed by atoms with E-state index in [1.54, 1.807) is 18.2 Å². The Kier molecular flexibility index (Phi) is 4.37. The minimum Gasteiger partial charge on any atom is -0.493 e. The first-order chi connectivity index (χ1) is 11.3. The first-order valence-electron chi connectivity index (χ1n) is 7.49. The Morgan fingerprint density at radius 2 is 2.00 bits per heavy atom. The van der Waals surface area contributed by atoms with Crippen molar-refractivity contribution < 1.29 is 14.6 Å². The third kappa shape index (κ3) is 3.17. The van der Waals surface area contributed by atoms with Crippen LogP contribution in [0, 0.1) is 5.41 Å². The summed E-state index contributed by atoms with van der Waals surface area (Å²) in [5.74, 6) is 0.654. The predicted molar refractivity (Wildman–Crippen MR) is 95.1 cm³/mol. The lowest BCUT2D eigenvalue weighted by atomic mass is 9.78. The minimum absolute atomic E-state index is 0.345. The van der Waals surface area contributed by atoms with Gasteiger partial charge < -0.3 is 15.2 Å². The van der Waals surface area contributed by atoms with Gasteiger partial charge >= 0.3 is 6.09 Å². The summed E-state index contributed by atoms with van der Waals surface area (Å²) in [5, 5.41) is 12.9. The van der Waals surface area contributed by atoms with Gasteiger partial charge in [0.05, 0.1) is 12.6 Å². The van der Waals surface area contributed by atoms with E-state index in [0.717, 1.165) is 16.7 Å². The molecule has 0 aromatic heterocycles. The van der Waals surface area contributed by atoms with E-state index in [-0.39, 0.29) is 11.5 Å². The summed E-state index contributed by atoms with van der Waals surface area (Å²) in [6.07, 6.45) is -1.05. The summed E-state index contributed by atoms with van der Waals surface area (Å²) in [7, 11) is 0. The number of hydrogen-bond donors (Lipinski definition) is 2. The topological polar surface area (TPSA) is 58.6 Å². The molecule has 2 aromatic rings. The Labute approximate surface area is 150 Å². The molecular formula is C18H17Cl2NO3. The van der Waals surface area contributed by atoms with Crippen molar-refractivity contribution in [2.45, 2.75) is 19.9 Å². The summed E-state index contributed by atoms with van der Waals surface area (Å²) >= 11 is 12.3. The van der Waals surface area contributed by atoms with Crippen LogP contribution < -0.4 is 10.1 Å². The van der Waals surface area contributed by atoms with Crippen LogP contribution >= 0.6 is 23.2 Å². The number of hydrogen-bond acceptors (Lipinski definition) is 2. The highest BCUT2D eigenvalue weighted by Gasteiger charge is 2.38. The maximum Gasteiger partial charge on any atom is 0.405 e. The highest BCUT2D eigenvalue weighted by atomic mass is 35.5. The van der Waals surface area contributed by atoms with Gasteiger partial charge in [0.1, 0.15) is 5.75 Å². The van der Waals surface area contributed by atoms with Crippen LogP contribution in [0.15, 0.2) is 36.4 Å². The van der Waals surface area contributed by atoms with Gasteiger partial charge in [-0.3, -0.25) is 0 Å². The number of ether oxygens (including phenoxy) is 1.